The van der Waals surface area contributed by atoms with E-state index >= 15 is 0 Å². The molecule has 0 amide bonds. The second-order valence-electron chi connectivity index (χ2n) is 6.60. The summed E-state index contributed by atoms with van der Waals surface area (Å²) in [5, 5.41) is 9.22. The average molecular weight is 304 g/mol. The number of likely N-dealkylation sites (tertiary alicyclic amines) is 1. The maximum atomic E-state index is 9.22. The Labute approximate surface area is 139 Å². The summed E-state index contributed by atoms with van der Waals surface area (Å²) in [6, 6.07) is 22.3. The Kier molecular flexibility index (Phi) is 5.10. The van der Waals surface area contributed by atoms with E-state index in [0.717, 1.165) is 19.5 Å². The van der Waals surface area contributed by atoms with Crippen LogP contribution in [0.3, 0.4) is 0 Å². The van der Waals surface area contributed by atoms with E-state index in [0.29, 0.717) is 18.4 Å². The number of benzene rings is 2. The summed E-state index contributed by atoms with van der Waals surface area (Å²) in [7, 11) is 0. The highest BCUT2D eigenvalue weighted by atomic mass is 15.2. The molecule has 23 heavy (non-hydrogen) atoms. The number of nitriles is 1. The third-order valence-electron chi connectivity index (χ3n) is 4.94. The van der Waals surface area contributed by atoms with E-state index in [1.807, 2.05) is 0 Å². The molecule has 118 valence electrons. The van der Waals surface area contributed by atoms with Crippen LogP contribution in [0.15, 0.2) is 54.6 Å². The number of piperidine rings is 1. The fourth-order valence-electron chi connectivity index (χ4n) is 3.58. The van der Waals surface area contributed by atoms with Gasteiger partial charge < -0.3 is 0 Å². The molecule has 2 atom stereocenters. The summed E-state index contributed by atoms with van der Waals surface area (Å²) in [6.07, 6.45) is 2.89. The minimum Gasteiger partial charge on any atom is -0.295 e. The van der Waals surface area contributed by atoms with Crippen molar-refractivity contribution in [2.24, 2.45) is 0 Å². The summed E-state index contributed by atoms with van der Waals surface area (Å²) in [4.78, 5) is 2.49. The highest BCUT2D eigenvalue weighted by Crippen LogP contribution is 2.33. The van der Waals surface area contributed by atoms with E-state index in [-0.39, 0.29) is 0 Å². The van der Waals surface area contributed by atoms with Gasteiger partial charge in [0.2, 0.25) is 0 Å². The van der Waals surface area contributed by atoms with Crippen LogP contribution in [0.1, 0.15) is 41.9 Å². The molecule has 0 bridgehead atoms. The molecule has 1 heterocycles. The van der Waals surface area contributed by atoms with Gasteiger partial charge in [0.25, 0.3) is 0 Å². The first-order valence-corrected chi connectivity index (χ1v) is 8.48. The van der Waals surface area contributed by atoms with Gasteiger partial charge in [-0.1, -0.05) is 60.2 Å². The Morgan fingerprint density at radius 1 is 1.09 bits per heavy atom. The molecule has 1 aliphatic heterocycles. The lowest BCUT2D eigenvalue weighted by molar-refractivity contribution is 0.129. The maximum Gasteiger partial charge on any atom is 0.0638 e. The van der Waals surface area contributed by atoms with Crippen LogP contribution in [0.5, 0.6) is 0 Å². The van der Waals surface area contributed by atoms with Crippen LogP contribution in [-0.2, 0) is 6.54 Å². The Balaban J connectivity index is 1.70. The fraction of sp³-hybridized carbons (Fsp3) is 0.381. The zero-order chi connectivity index (χ0) is 16.1. The predicted molar refractivity (Wildman–Crippen MR) is 94.0 cm³/mol. The lowest BCUT2D eigenvalue weighted by Gasteiger charge is -2.39. The summed E-state index contributed by atoms with van der Waals surface area (Å²) >= 11 is 0. The Morgan fingerprint density at radius 2 is 1.83 bits per heavy atom. The monoisotopic (exact) mass is 304 g/mol. The van der Waals surface area contributed by atoms with Gasteiger partial charge in [-0.2, -0.15) is 5.26 Å². The lowest BCUT2D eigenvalue weighted by atomic mass is 9.84. The van der Waals surface area contributed by atoms with E-state index in [9.17, 15) is 5.26 Å². The van der Waals surface area contributed by atoms with E-state index in [1.54, 1.807) is 0 Å². The molecule has 0 saturated carbocycles. The van der Waals surface area contributed by atoms with Gasteiger partial charge in [-0.05, 0) is 43.4 Å². The van der Waals surface area contributed by atoms with Gasteiger partial charge in [0, 0.05) is 12.6 Å². The topological polar surface area (TPSA) is 27.0 Å². The molecular formula is C21H24N2. The summed E-state index contributed by atoms with van der Waals surface area (Å²) in [5.74, 6) is 0.587. The summed E-state index contributed by atoms with van der Waals surface area (Å²) in [5.41, 5.74) is 4.06. The molecule has 0 unspecified atom stereocenters. The molecule has 2 aromatic carbocycles. The average Bonchev–Trinajstić information content (AvgIpc) is 2.59. The Bertz CT molecular complexity index is 654. The molecule has 2 heteroatoms. The fourth-order valence-corrected chi connectivity index (χ4v) is 3.58. The summed E-state index contributed by atoms with van der Waals surface area (Å²) < 4.78 is 0. The maximum absolute atomic E-state index is 9.22. The smallest absolute Gasteiger partial charge is 0.0638 e. The van der Waals surface area contributed by atoms with Crippen LogP contribution in [-0.4, -0.2) is 17.5 Å². The van der Waals surface area contributed by atoms with Crippen molar-refractivity contribution < 1.29 is 0 Å². The first-order chi connectivity index (χ1) is 11.3. The molecule has 0 radical (unpaired) electrons. The molecule has 1 fully saturated rings. The van der Waals surface area contributed by atoms with Crippen molar-refractivity contribution in [3.8, 4) is 6.07 Å². The molecular weight excluding hydrogens is 280 g/mol. The largest absolute Gasteiger partial charge is 0.295 e. The molecule has 2 aromatic rings. The number of hydrogen-bond donors (Lipinski definition) is 0. The van der Waals surface area contributed by atoms with Gasteiger partial charge in [0.15, 0.2) is 0 Å². The summed E-state index contributed by atoms with van der Waals surface area (Å²) in [6.45, 7) is 4.14. The van der Waals surface area contributed by atoms with Crippen molar-refractivity contribution >= 4 is 0 Å². The second-order valence-corrected chi connectivity index (χ2v) is 6.60. The third-order valence-corrected chi connectivity index (χ3v) is 4.94. The number of rotatable bonds is 4. The van der Waals surface area contributed by atoms with Crippen molar-refractivity contribution in [3.05, 3.63) is 71.3 Å². The van der Waals surface area contributed by atoms with Gasteiger partial charge in [-0.15, -0.1) is 0 Å². The van der Waals surface area contributed by atoms with Crippen molar-refractivity contribution in [2.75, 3.05) is 6.54 Å². The van der Waals surface area contributed by atoms with Crippen molar-refractivity contribution in [1.82, 2.24) is 4.90 Å². The van der Waals surface area contributed by atoms with Crippen LogP contribution < -0.4 is 0 Å². The predicted octanol–water partition coefficient (Wildman–Crippen LogP) is 4.66. The molecule has 3 rings (SSSR count). The quantitative estimate of drug-likeness (QED) is 0.821. The van der Waals surface area contributed by atoms with Gasteiger partial charge in [0.05, 0.1) is 12.5 Å². The van der Waals surface area contributed by atoms with Crippen LogP contribution in [0, 0.1) is 18.3 Å². The molecule has 0 N–H and O–H groups in total. The molecule has 0 spiro atoms. The van der Waals surface area contributed by atoms with Crippen LogP contribution in [0.25, 0.3) is 0 Å². The van der Waals surface area contributed by atoms with E-state index in [4.69, 9.17) is 0 Å². The lowest BCUT2D eigenvalue weighted by Crippen LogP contribution is -2.41. The van der Waals surface area contributed by atoms with E-state index < -0.39 is 0 Å². The SMILES string of the molecule is Cc1ccc(CN2CC[C@H](c3ccccc3)C[C@@H]2CC#N)cc1. The van der Waals surface area contributed by atoms with Crippen molar-refractivity contribution in [2.45, 2.75) is 44.7 Å². The molecule has 0 aliphatic carbocycles. The van der Waals surface area contributed by atoms with E-state index in [1.165, 1.54) is 23.1 Å². The Morgan fingerprint density at radius 3 is 2.52 bits per heavy atom. The van der Waals surface area contributed by atoms with E-state index in [2.05, 4.69) is 72.5 Å². The van der Waals surface area contributed by atoms with Gasteiger partial charge in [-0.25, -0.2) is 0 Å². The number of aryl methyl sites for hydroxylation is 1. The van der Waals surface area contributed by atoms with Gasteiger partial charge in [-0.3, -0.25) is 4.90 Å². The first kappa shape index (κ1) is 15.8. The van der Waals surface area contributed by atoms with Crippen LogP contribution >= 0.6 is 0 Å². The molecule has 0 aromatic heterocycles. The van der Waals surface area contributed by atoms with Gasteiger partial charge in [0.1, 0.15) is 0 Å². The minimum atomic E-state index is 0.361. The molecule has 2 nitrogen and oxygen atoms in total. The third kappa shape index (κ3) is 4.00. The normalized spacial score (nSPS) is 21.7. The highest BCUT2D eigenvalue weighted by molar-refractivity contribution is 5.23. The Hall–Kier alpha value is -2.11. The molecule has 1 aliphatic rings. The zero-order valence-corrected chi connectivity index (χ0v) is 13.8. The highest BCUT2D eigenvalue weighted by Gasteiger charge is 2.29. The van der Waals surface area contributed by atoms with Crippen molar-refractivity contribution in [1.29, 1.82) is 5.26 Å². The number of hydrogen-bond acceptors (Lipinski definition) is 2. The standard InChI is InChI=1S/C21H24N2/c1-17-7-9-18(10-8-17)16-23-14-12-20(15-21(23)11-13-22)19-5-3-2-4-6-19/h2-10,20-21H,11-12,14-16H2,1H3/t20-,21-/m0/s1. The number of nitrogens with zero attached hydrogens (tertiary/aromatic N) is 2. The van der Waals surface area contributed by atoms with Gasteiger partial charge >= 0.3 is 0 Å². The van der Waals surface area contributed by atoms with Crippen LogP contribution in [0.2, 0.25) is 0 Å². The first-order valence-electron chi connectivity index (χ1n) is 8.48. The minimum absolute atomic E-state index is 0.361. The van der Waals surface area contributed by atoms with Crippen LogP contribution in [0.4, 0.5) is 0 Å². The second kappa shape index (κ2) is 7.44. The molecule has 1 saturated heterocycles. The zero-order valence-electron chi connectivity index (χ0n) is 13.8. The van der Waals surface area contributed by atoms with Crippen molar-refractivity contribution in [3.63, 3.8) is 0 Å².